The fourth-order valence-corrected chi connectivity index (χ4v) is 3.45. The number of hydrogen-bond acceptors (Lipinski definition) is 2. The van der Waals surface area contributed by atoms with Crippen LogP contribution in [0.15, 0.2) is 71.9 Å². The summed E-state index contributed by atoms with van der Waals surface area (Å²) in [5.74, 6) is 0.567. The molecule has 24 heavy (non-hydrogen) atoms. The number of ketones is 1. The Kier molecular flexibility index (Phi) is 5.14. The van der Waals surface area contributed by atoms with Gasteiger partial charge >= 0.3 is 0 Å². The number of Topliss-reactive ketones (excluding diaryl/α,β-unsaturated/α-hetero) is 1. The van der Waals surface area contributed by atoms with E-state index in [2.05, 4.69) is 43.4 Å². The lowest BCUT2D eigenvalue weighted by Gasteiger charge is -2.29. The Morgan fingerprint density at radius 2 is 1.67 bits per heavy atom. The predicted molar refractivity (Wildman–Crippen MR) is 98.8 cm³/mol. The van der Waals surface area contributed by atoms with Crippen LogP contribution in [0.25, 0.3) is 0 Å². The molecule has 2 nitrogen and oxygen atoms in total. The molecule has 0 heterocycles. The van der Waals surface area contributed by atoms with Crippen molar-refractivity contribution in [2.75, 3.05) is 0 Å². The zero-order valence-corrected chi connectivity index (χ0v) is 14.5. The van der Waals surface area contributed by atoms with Crippen LogP contribution in [0, 0.1) is 5.92 Å². The van der Waals surface area contributed by atoms with Gasteiger partial charge in [0.15, 0.2) is 5.78 Å². The molecule has 3 rings (SSSR count). The van der Waals surface area contributed by atoms with Crippen LogP contribution in [-0.2, 0) is 0 Å². The van der Waals surface area contributed by atoms with Gasteiger partial charge in [-0.25, -0.2) is 0 Å². The van der Waals surface area contributed by atoms with Gasteiger partial charge < -0.3 is 5.32 Å². The minimum absolute atomic E-state index is 0.171. The third kappa shape index (κ3) is 3.59. The fourth-order valence-electron chi connectivity index (χ4n) is 3.45. The molecule has 0 unspecified atom stereocenters. The molecule has 1 aliphatic rings. The highest BCUT2D eigenvalue weighted by molar-refractivity contribution is 6.09. The van der Waals surface area contributed by atoms with Crippen molar-refractivity contribution in [3.05, 3.63) is 83.1 Å². The molecule has 0 amide bonds. The third-order valence-electron chi connectivity index (χ3n) is 4.86. The van der Waals surface area contributed by atoms with E-state index in [1.54, 1.807) is 0 Å². The maximum absolute atomic E-state index is 13.0. The molecular weight excluding hydrogens is 294 g/mol. The van der Waals surface area contributed by atoms with E-state index in [0.717, 1.165) is 36.1 Å². The van der Waals surface area contributed by atoms with E-state index in [9.17, 15) is 4.79 Å². The molecule has 2 heteroatoms. The topological polar surface area (TPSA) is 29.1 Å². The molecule has 0 saturated carbocycles. The lowest BCUT2D eigenvalue weighted by molar-refractivity contribution is 0.102. The minimum atomic E-state index is 0.171. The van der Waals surface area contributed by atoms with Crippen molar-refractivity contribution >= 4 is 5.78 Å². The maximum Gasteiger partial charge on any atom is 0.190 e. The van der Waals surface area contributed by atoms with Crippen LogP contribution in [0.4, 0.5) is 0 Å². The Morgan fingerprint density at radius 1 is 1.04 bits per heavy atom. The second-order valence-electron chi connectivity index (χ2n) is 6.66. The Labute approximate surface area is 144 Å². The molecule has 0 bridgehead atoms. The number of carbonyl (C=O) groups is 1. The van der Waals surface area contributed by atoms with E-state index >= 15 is 0 Å². The van der Waals surface area contributed by atoms with Crippen LogP contribution in [0.5, 0.6) is 0 Å². The van der Waals surface area contributed by atoms with E-state index in [0.29, 0.717) is 5.92 Å². The van der Waals surface area contributed by atoms with Crippen LogP contribution in [0.1, 0.15) is 55.1 Å². The molecule has 0 aliphatic heterocycles. The van der Waals surface area contributed by atoms with Gasteiger partial charge in [-0.2, -0.15) is 0 Å². The summed E-state index contributed by atoms with van der Waals surface area (Å²) < 4.78 is 0. The van der Waals surface area contributed by atoms with Crippen molar-refractivity contribution in [1.82, 2.24) is 5.32 Å². The minimum Gasteiger partial charge on any atom is -0.381 e. The Bertz CT molecular complexity index is 718. The van der Waals surface area contributed by atoms with Gasteiger partial charge in [0, 0.05) is 22.9 Å². The molecule has 1 N–H and O–H groups in total. The average molecular weight is 319 g/mol. The number of nitrogens with one attached hydrogen (secondary N) is 1. The maximum atomic E-state index is 13.0. The lowest BCUT2D eigenvalue weighted by Crippen LogP contribution is -2.28. The molecule has 2 aromatic carbocycles. The molecular formula is C22H25NO. The first-order valence-corrected chi connectivity index (χ1v) is 8.81. The largest absolute Gasteiger partial charge is 0.381 e. The van der Waals surface area contributed by atoms with E-state index < -0.39 is 0 Å². The highest BCUT2D eigenvalue weighted by atomic mass is 16.1. The number of allylic oxidation sites excluding steroid dienone is 2. The summed E-state index contributed by atoms with van der Waals surface area (Å²) in [7, 11) is 0. The average Bonchev–Trinajstić information content (AvgIpc) is 2.64. The first kappa shape index (κ1) is 16.5. The van der Waals surface area contributed by atoms with Crippen LogP contribution in [0.2, 0.25) is 0 Å². The molecule has 0 spiro atoms. The van der Waals surface area contributed by atoms with E-state index in [1.807, 2.05) is 36.4 Å². The highest BCUT2D eigenvalue weighted by Gasteiger charge is 2.26. The summed E-state index contributed by atoms with van der Waals surface area (Å²) >= 11 is 0. The Balaban J connectivity index is 1.90. The standard InChI is InChI=1S/C22H25NO/c1-16-10-9-15-20(22(24)19-13-7-4-8-14-19)21(16)23-17(2)18-11-5-3-6-12-18/h3-8,11-14,16-17,23H,9-10,15H2,1-2H3/t16-,17-/m1/s1. The zero-order chi connectivity index (χ0) is 16.9. The molecule has 124 valence electrons. The summed E-state index contributed by atoms with van der Waals surface area (Å²) in [6.45, 7) is 4.38. The zero-order valence-electron chi connectivity index (χ0n) is 14.5. The summed E-state index contributed by atoms with van der Waals surface area (Å²) in [5, 5.41) is 3.64. The van der Waals surface area contributed by atoms with Gasteiger partial charge in [0.1, 0.15) is 0 Å². The van der Waals surface area contributed by atoms with Crippen LogP contribution in [0.3, 0.4) is 0 Å². The first-order valence-electron chi connectivity index (χ1n) is 8.81. The summed E-state index contributed by atoms with van der Waals surface area (Å²) in [6, 6.07) is 20.2. The van der Waals surface area contributed by atoms with Crippen molar-refractivity contribution in [3.63, 3.8) is 0 Å². The second-order valence-corrected chi connectivity index (χ2v) is 6.66. The second kappa shape index (κ2) is 7.48. The van der Waals surface area contributed by atoms with Crippen LogP contribution < -0.4 is 5.32 Å². The number of hydrogen-bond donors (Lipinski definition) is 1. The van der Waals surface area contributed by atoms with Crippen molar-refractivity contribution in [3.8, 4) is 0 Å². The normalized spacial score (nSPS) is 19.0. The molecule has 0 radical (unpaired) electrons. The highest BCUT2D eigenvalue weighted by Crippen LogP contribution is 2.32. The monoisotopic (exact) mass is 319 g/mol. The molecule has 0 aromatic heterocycles. The van der Waals surface area contributed by atoms with Gasteiger partial charge in [-0.1, -0.05) is 67.6 Å². The number of carbonyl (C=O) groups excluding carboxylic acids is 1. The van der Waals surface area contributed by atoms with Crippen LogP contribution >= 0.6 is 0 Å². The van der Waals surface area contributed by atoms with Crippen molar-refractivity contribution in [2.45, 2.75) is 39.2 Å². The van der Waals surface area contributed by atoms with Gasteiger partial charge in [0.2, 0.25) is 0 Å². The summed E-state index contributed by atoms with van der Waals surface area (Å²) in [6.07, 6.45) is 3.08. The van der Waals surface area contributed by atoms with Gasteiger partial charge in [-0.05, 0) is 37.7 Å². The molecule has 0 saturated heterocycles. The molecule has 0 fully saturated rings. The predicted octanol–water partition coefficient (Wildman–Crippen LogP) is 5.29. The Hall–Kier alpha value is -2.35. The Morgan fingerprint density at radius 3 is 2.33 bits per heavy atom. The van der Waals surface area contributed by atoms with E-state index in [-0.39, 0.29) is 11.8 Å². The van der Waals surface area contributed by atoms with Crippen molar-refractivity contribution < 1.29 is 4.79 Å². The molecule has 2 aromatic rings. The van der Waals surface area contributed by atoms with E-state index in [1.165, 1.54) is 5.56 Å². The van der Waals surface area contributed by atoms with E-state index in [4.69, 9.17) is 0 Å². The fraction of sp³-hybridized carbons (Fsp3) is 0.318. The number of rotatable bonds is 5. The number of benzene rings is 2. The lowest BCUT2D eigenvalue weighted by atomic mass is 9.84. The molecule has 2 atom stereocenters. The van der Waals surface area contributed by atoms with Gasteiger partial charge in [0.05, 0.1) is 0 Å². The van der Waals surface area contributed by atoms with Gasteiger partial charge in [-0.3, -0.25) is 4.79 Å². The summed E-state index contributed by atoms with van der Waals surface area (Å²) in [4.78, 5) is 13.0. The van der Waals surface area contributed by atoms with Crippen molar-refractivity contribution in [1.29, 1.82) is 0 Å². The molecule has 1 aliphatic carbocycles. The van der Waals surface area contributed by atoms with Crippen molar-refractivity contribution in [2.24, 2.45) is 5.92 Å². The van der Waals surface area contributed by atoms with Gasteiger partial charge in [-0.15, -0.1) is 0 Å². The summed E-state index contributed by atoms with van der Waals surface area (Å²) in [5.41, 5.74) is 4.12. The first-order chi connectivity index (χ1) is 11.7. The quantitative estimate of drug-likeness (QED) is 0.758. The third-order valence-corrected chi connectivity index (χ3v) is 4.86. The SMILES string of the molecule is C[C@@H]1CCCC(C(=O)c2ccccc2)=C1N[C@H](C)c1ccccc1. The van der Waals surface area contributed by atoms with Gasteiger partial charge in [0.25, 0.3) is 0 Å². The van der Waals surface area contributed by atoms with Crippen LogP contribution in [-0.4, -0.2) is 5.78 Å². The smallest absolute Gasteiger partial charge is 0.190 e.